The van der Waals surface area contributed by atoms with Crippen LogP contribution in [-0.2, 0) is 4.79 Å². The van der Waals surface area contributed by atoms with Gasteiger partial charge in [0.15, 0.2) is 0 Å². The molecule has 120 valence electrons. The number of nitrogens with zero attached hydrogens (tertiary/aromatic N) is 1. The molecule has 0 atom stereocenters. The van der Waals surface area contributed by atoms with E-state index in [0.717, 1.165) is 55.1 Å². The van der Waals surface area contributed by atoms with Crippen molar-refractivity contribution < 1.29 is 4.79 Å². The maximum absolute atomic E-state index is 13.0. The summed E-state index contributed by atoms with van der Waals surface area (Å²) in [5.41, 5.74) is 1.50. The van der Waals surface area contributed by atoms with Crippen LogP contribution in [0.5, 0.6) is 0 Å². The van der Waals surface area contributed by atoms with E-state index in [-0.39, 0.29) is 11.3 Å². The molecule has 0 radical (unpaired) electrons. The van der Waals surface area contributed by atoms with E-state index in [2.05, 4.69) is 16.9 Å². The van der Waals surface area contributed by atoms with Gasteiger partial charge < -0.3 is 5.32 Å². The summed E-state index contributed by atoms with van der Waals surface area (Å²) in [7, 11) is 0. The van der Waals surface area contributed by atoms with Crippen LogP contribution in [0.25, 0.3) is 10.9 Å². The van der Waals surface area contributed by atoms with Crippen molar-refractivity contribution in [2.75, 3.05) is 5.32 Å². The highest BCUT2D eigenvalue weighted by molar-refractivity contribution is 5.96. The van der Waals surface area contributed by atoms with Gasteiger partial charge in [0, 0.05) is 10.8 Å². The van der Waals surface area contributed by atoms with Crippen molar-refractivity contribution in [1.29, 1.82) is 0 Å². The molecule has 0 bridgehead atoms. The van der Waals surface area contributed by atoms with E-state index in [4.69, 9.17) is 0 Å². The standard InChI is InChI=1S/C20H24N2O/c1-2-3-11-20(12-7-4-8-13-20)19(23)22-17-14-16-9-5-6-10-18(16)21-15-17/h2,5-6,9-10,14-15H,1,3-4,7-8,11-13H2,(H,22,23). The molecule has 1 fully saturated rings. The normalized spacial score (nSPS) is 16.9. The van der Waals surface area contributed by atoms with Crippen molar-refractivity contribution >= 4 is 22.5 Å². The third-order valence-corrected chi connectivity index (χ3v) is 4.97. The van der Waals surface area contributed by atoms with Gasteiger partial charge >= 0.3 is 0 Å². The first-order chi connectivity index (χ1) is 11.2. The Morgan fingerprint density at radius 2 is 2.04 bits per heavy atom. The van der Waals surface area contributed by atoms with Crippen molar-refractivity contribution in [2.45, 2.75) is 44.9 Å². The molecule has 1 N–H and O–H groups in total. The van der Waals surface area contributed by atoms with Crippen LogP contribution in [0, 0.1) is 5.41 Å². The monoisotopic (exact) mass is 308 g/mol. The van der Waals surface area contributed by atoms with Gasteiger partial charge in [-0.3, -0.25) is 9.78 Å². The molecule has 1 amide bonds. The maximum Gasteiger partial charge on any atom is 0.230 e. The third kappa shape index (κ3) is 3.44. The van der Waals surface area contributed by atoms with Crippen LogP contribution >= 0.6 is 0 Å². The van der Waals surface area contributed by atoms with E-state index in [1.54, 1.807) is 6.20 Å². The minimum atomic E-state index is -0.238. The van der Waals surface area contributed by atoms with Gasteiger partial charge in [-0.25, -0.2) is 0 Å². The number of carbonyl (C=O) groups is 1. The van der Waals surface area contributed by atoms with E-state index >= 15 is 0 Å². The zero-order chi connectivity index (χ0) is 16.1. The number of pyridine rings is 1. The number of allylic oxidation sites excluding steroid dienone is 1. The summed E-state index contributed by atoms with van der Waals surface area (Å²) in [5.74, 6) is 0.149. The number of anilines is 1. The fourth-order valence-electron chi connectivity index (χ4n) is 3.60. The van der Waals surface area contributed by atoms with E-state index in [1.807, 2.05) is 36.4 Å². The summed E-state index contributed by atoms with van der Waals surface area (Å²) < 4.78 is 0. The Bertz CT molecular complexity index is 702. The number of rotatable bonds is 5. The van der Waals surface area contributed by atoms with Crippen molar-refractivity contribution in [3.05, 3.63) is 49.2 Å². The predicted octanol–water partition coefficient (Wildman–Crippen LogP) is 5.09. The van der Waals surface area contributed by atoms with Crippen LogP contribution in [0.15, 0.2) is 49.2 Å². The number of benzene rings is 1. The number of fused-ring (bicyclic) bond motifs is 1. The van der Waals surface area contributed by atoms with Crippen LogP contribution in [0.2, 0.25) is 0 Å². The number of nitrogens with one attached hydrogen (secondary N) is 1. The first-order valence-electron chi connectivity index (χ1n) is 8.51. The molecule has 1 aliphatic carbocycles. The summed E-state index contributed by atoms with van der Waals surface area (Å²) in [6.45, 7) is 3.81. The van der Waals surface area contributed by atoms with E-state index in [1.165, 1.54) is 6.42 Å². The second-order valence-corrected chi connectivity index (χ2v) is 6.54. The van der Waals surface area contributed by atoms with Gasteiger partial charge in [-0.1, -0.05) is 43.5 Å². The van der Waals surface area contributed by atoms with Crippen LogP contribution in [0.4, 0.5) is 5.69 Å². The highest BCUT2D eigenvalue weighted by Crippen LogP contribution is 2.41. The summed E-state index contributed by atoms with van der Waals surface area (Å²) in [4.78, 5) is 17.4. The van der Waals surface area contributed by atoms with E-state index in [9.17, 15) is 4.79 Å². The molecule has 1 aromatic heterocycles. The van der Waals surface area contributed by atoms with Crippen LogP contribution < -0.4 is 5.32 Å². The van der Waals surface area contributed by atoms with Gasteiger partial charge in [-0.2, -0.15) is 0 Å². The van der Waals surface area contributed by atoms with Crippen LogP contribution in [-0.4, -0.2) is 10.9 Å². The Hall–Kier alpha value is -2.16. The molecule has 1 aliphatic rings. The van der Waals surface area contributed by atoms with Gasteiger partial charge in [0.1, 0.15) is 0 Å². The first kappa shape index (κ1) is 15.7. The Balaban J connectivity index is 1.80. The topological polar surface area (TPSA) is 42.0 Å². The Morgan fingerprint density at radius 3 is 2.83 bits per heavy atom. The Morgan fingerprint density at radius 1 is 1.26 bits per heavy atom. The molecule has 1 heterocycles. The molecule has 0 unspecified atom stereocenters. The van der Waals surface area contributed by atoms with E-state index < -0.39 is 0 Å². The molecule has 1 saturated carbocycles. The summed E-state index contributed by atoms with van der Waals surface area (Å²) in [6, 6.07) is 9.96. The number of aromatic nitrogens is 1. The molecule has 3 heteroatoms. The second-order valence-electron chi connectivity index (χ2n) is 6.54. The molecule has 23 heavy (non-hydrogen) atoms. The SMILES string of the molecule is C=CCCC1(C(=O)Nc2cnc3ccccc3c2)CCCCC1. The van der Waals surface area contributed by atoms with Gasteiger partial charge in [0.05, 0.1) is 17.4 Å². The average molecular weight is 308 g/mol. The van der Waals surface area contributed by atoms with Crippen LogP contribution in [0.1, 0.15) is 44.9 Å². The molecule has 2 aromatic rings. The third-order valence-electron chi connectivity index (χ3n) is 4.97. The quantitative estimate of drug-likeness (QED) is 0.782. The fraction of sp³-hybridized carbons (Fsp3) is 0.400. The van der Waals surface area contributed by atoms with Gasteiger partial charge in [-0.15, -0.1) is 6.58 Å². The lowest BCUT2D eigenvalue weighted by molar-refractivity contribution is -0.127. The molecule has 0 aliphatic heterocycles. The van der Waals surface area contributed by atoms with Crippen molar-refractivity contribution in [3.8, 4) is 0 Å². The van der Waals surface area contributed by atoms with E-state index in [0.29, 0.717) is 0 Å². The lowest BCUT2D eigenvalue weighted by atomic mass is 9.70. The highest BCUT2D eigenvalue weighted by Gasteiger charge is 2.38. The van der Waals surface area contributed by atoms with Crippen LogP contribution in [0.3, 0.4) is 0 Å². The largest absolute Gasteiger partial charge is 0.324 e. The summed E-state index contributed by atoms with van der Waals surface area (Å²) >= 11 is 0. The zero-order valence-electron chi connectivity index (χ0n) is 13.6. The Labute approximate surface area is 137 Å². The highest BCUT2D eigenvalue weighted by atomic mass is 16.2. The molecule has 1 aromatic carbocycles. The minimum absolute atomic E-state index is 0.149. The number of para-hydroxylation sites is 1. The zero-order valence-corrected chi connectivity index (χ0v) is 13.6. The molecule has 3 rings (SSSR count). The summed E-state index contributed by atoms with van der Waals surface area (Å²) in [6.07, 6.45) is 10.9. The Kier molecular flexibility index (Phi) is 4.75. The smallest absolute Gasteiger partial charge is 0.230 e. The maximum atomic E-state index is 13.0. The summed E-state index contributed by atoms with van der Waals surface area (Å²) in [5, 5.41) is 4.17. The van der Waals surface area contributed by atoms with Crippen molar-refractivity contribution in [1.82, 2.24) is 4.98 Å². The molecule has 0 saturated heterocycles. The number of carbonyl (C=O) groups excluding carboxylic acids is 1. The van der Waals surface area contributed by atoms with Gasteiger partial charge in [0.2, 0.25) is 5.91 Å². The fourth-order valence-corrected chi connectivity index (χ4v) is 3.60. The minimum Gasteiger partial charge on any atom is -0.324 e. The number of hydrogen-bond acceptors (Lipinski definition) is 2. The number of hydrogen-bond donors (Lipinski definition) is 1. The first-order valence-corrected chi connectivity index (χ1v) is 8.51. The second kappa shape index (κ2) is 6.95. The lowest BCUT2D eigenvalue weighted by Crippen LogP contribution is -2.38. The average Bonchev–Trinajstić information content (AvgIpc) is 2.60. The van der Waals surface area contributed by atoms with Gasteiger partial charge in [-0.05, 0) is 37.8 Å². The number of amides is 1. The lowest BCUT2D eigenvalue weighted by Gasteiger charge is -2.35. The molecular formula is C20H24N2O. The molecular weight excluding hydrogens is 284 g/mol. The molecule has 0 spiro atoms. The van der Waals surface area contributed by atoms with Gasteiger partial charge in [0.25, 0.3) is 0 Å². The molecule has 3 nitrogen and oxygen atoms in total. The predicted molar refractivity (Wildman–Crippen MR) is 95.3 cm³/mol. The van der Waals surface area contributed by atoms with Crippen molar-refractivity contribution in [3.63, 3.8) is 0 Å². The van der Waals surface area contributed by atoms with Crippen molar-refractivity contribution in [2.24, 2.45) is 5.41 Å².